The fourth-order valence-electron chi connectivity index (χ4n) is 10.4. The number of fused-ring (bicyclic) bond motifs is 6. The molecule has 0 spiro atoms. The van der Waals surface area contributed by atoms with E-state index in [2.05, 4.69) is 247 Å². The molecule has 0 unspecified atom stereocenters. The maximum atomic E-state index is 2.63. The molecule has 0 saturated heterocycles. The number of benzene rings is 8. The van der Waals surface area contributed by atoms with Gasteiger partial charge in [-0.05, 0) is 149 Å². The van der Waals surface area contributed by atoms with Crippen molar-refractivity contribution in [2.24, 2.45) is 0 Å². The van der Waals surface area contributed by atoms with Crippen molar-refractivity contribution in [1.29, 1.82) is 0 Å². The molecule has 0 aliphatic carbocycles. The van der Waals surface area contributed by atoms with Crippen LogP contribution in [-0.2, 0) is 10.8 Å². The Morgan fingerprint density at radius 1 is 0.339 bits per heavy atom. The molecule has 2 aliphatic heterocycles. The molecule has 8 aromatic carbocycles. The summed E-state index contributed by atoms with van der Waals surface area (Å²) in [6.45, 7) is 24.0. The van der Waals surface area contributed by atoms with Crippen LogP contribution in [0.5, 0.6) is 0 Å². The van der Waals surface area contributed by atoms with E-state index in [0.29, 0.717) is 0 Å². The lowest BCUT2D eigenvalue weighted by Crippen LogP contribution is -2.56. The lowest BCUT2D eigenvalue weighted by Gasteiger charge is -2.36. The Hall–Kier alpha value is -5.95. The minimum Gasteiger partial charge on any atom is -0.311 e. The van der Waals surface area contributed by atoms with E-state index in [1.165, 1.54) is 93.8 Å². The van der Waals surface area contributed by atoms with Crippen LogP contribution in [-0.4, -0.2) is 16.1 Å². The molecule has 0 amide bonds. The van der Waals surface area contributed by atoms with Crippen molar-refractivity contribution in [3.63, 3.8) is 0 Å². The number of nitrogens with zero attached hydrogens (tertiary/aromatic N) is 2. The number of anilines is 6. The number of rotatable bonds is 6. The molecule has 2 nitrogen and oxygen atoms in total. The van der Waals surface area contributed by atoms with Gasteiger partial charge in [-0.2, -0.15) is 0 Å². The third-order valence-corrected chi connectivity index (χ3v) is 21.0. The highest BCUT2D eigenvalue weighted by molar-refractivity contribution is 7.05. The molecule has 10 rings (SSSR count). The van der Waals surface area contributed by atoms with Crippen LogP contribution in [0.1, 0.15) is 52.7 Å². The van der Waals surface area contributed by atoms with Gasteiger partial charge in [0.1, 0.15) is 16.1 Å². The first-order valence-corrected chi connectivity index (χ1v) is 28.4. The van der Waals surface area contributed by atoms with E-state index in [1.54, 1.807) is 5.19 Å². The largest absolute Gasteiger partial charge is 0.311 e. The van der Waals surface area contributed by atoms with Gasteiger partial charge in [0, 0.05) is 34.1 Å². The van der Waals surface area contributed by atoms with Crippen LogP contribution in [0, 0.1) is 0 Å². The minimum absolute atomic E-state index is 0.0919. The van der Waals surface area contributed by atoms with Crippen LogP contribution < -0.4 is 30.5 Å². The summed E-state index contributed by atoms with van der Waals surface area (Å²) in [5, 5.41) is 8.99. The molecule has 0 bridgehead atoms. The fraction of sp³-hybridized carbons (Fsp3) is 0.207. The highest BCUT2D eigenvalue weighted by Gasteiger charge is 2.43. The van der Waals surface area contributed by atoms with Crippen LogP contribution in [0.4, 0.5) is 34.1 Å². The van der Waals surface area contributed by atoms with Gasteiger partial charge in [-0.1, -0.05) is 165 Å². The standard InChI is InChI=1S/C58H58N2Si2/c1-57(2,3)39-24-28-43(29-25-39)59(41-18-13-11-14-19-41)45-32-34-47-50-38-54-55(49-22-17-23-51(56(49)50)61(7,8)52(47)36-45)48-35-33-46(37-53(48)62(54,9)10)60(42-20-15-12-16-21-42)44-30-26-40(27-31-44)58(4,5)6/h11-38H,1-10H3. The SMILES string of the molecule is CC(C)(C)c1ccc(N(c2ccccc2)c2ccc3c(c2)[Si](C)(C)c2cc4c5c(cccc5c2-3)[Si](C)(C)c2cc(N(c3ccccc3)c3ccc(C(C)(C)C)cc3)ccc2-4)cc1. The molecule has 4 heteroatoms. The van der Waals surface area contributed by atoms with Gasteiger partial charge in [0.25, 0.3) is 0 Å². The van der Waals surface area contributed by atoms with Crippen LogP contribution in [0.25, 0.3) is 33.0 Å². The second kappa shape index (κ2) is 14.3. The third-order valence-electron chi connectivity index (χ3n) is 13.9. The number of para-hydroxylation sites is 2. The van der Waals surface area contributed by atoms with Gasteiger partial charge in [-0.25, -0.2) is 0 Å². The van der Waals surface area contributed by atoms with E-state index in [9.17, 15) is 0 Å². The predicted molar refractivity (Wildman–Crippen MR) is 275 cm³/mol. The van der Waals surface area contributed by atoms with Gasteiger partial charge in [-0.15, -0.1) is 0 Å². The number of hydrogen-bond acceptors (Lipinski definition) is 2. The summed E-state index contributed by atoms with van der Waals surface area (Å²) in [6, 6.07) is 64.7. The Balaban J connectivity index is 1.12. The summed E-state index contributed by atoms with van der Waals surface area (Å²) in [6.07, 6.45) is 0. The average molecular weight is 839 g/mol. The van der Waals surface area contributed by atoms with Gasteiger partial charge in [0.05, 0.1) is 0 Å². The second-order valence-electron chi connectivity index (χ2n) is 20.7. The summed E-state index contributed by atoms with van der Waals surface area (Å²) < 4.78 is 0. The summed E-state index contributed by atoms with van der Waals surface area (Å²) in [5.74, 6) is 0. The summed E-state index contributed by atoms with van der Waals surface area (Å²) in [4.78, 5) is 4.88. The van der Waals surface area contributed by atoms with E-state index in [0.717, 1.165) is 0 Å². The van der Waals surface area contributed by atoms with Crippen LogP contribution in [0.3, 0.4) is 0 Å². The molecule has 0 N–H and O–H groups in total. The van der Waals surface area contributed by atoms with Crippen LogP contribution in [0.15, 0.2) is 170 Å². The monoisotopic (exact) mass is 838 g/mol. The van der Waals surface area contributed by atoms with Crippen LogP contribution >= 0.6 is 0 Å². The van der Waals surface area contributed by atoms with Crippen molar-refractivity contribution in [3.8, 4) is 22.3 Å². The first-order valence-electron chi connectivity index (χ1n) is 22.4. The minimum atomic E-state index is -2.17. The molecule has 62 heavy (non-hydrogen) atoms. The molecule has 0 radical (unpaired) electrons. The first kappa shape index (κ1) is 40.1. The maximum absolute atomic E-state index is 2.63. The Labute approximate surface area is 371 Å². The van der Waals surface area contributed by atoms with E-state index >= 15 is 0 Å². The lowest BCUT2D eigenvalue weighted by molar-refractivity contribution is 0.590. The Morgan fingerprint density at radius 2 is 0.758 bits per heavy atom. The Kier molecular flexibility index (Phi) is 9.26. The molecule has 0 fully saturated rings. The van der Waals surface area contributed by atoms with Crippen molar-refractivity contribution in [2.75, 3.05) is 9.80 Å². The normalized spacial score (nSPS) is 14.5. The maximum Gasteiger partial charge on any atom is 0.113 e. The molecule has 8 aromatic rings. The summed E-state index contributed by atoms with van der Waals surface area (Å²) in [7, 11) is -4.34. The highest BCUT2D eigenvalue weighted by atomic mass is 28.3. The third kappa shape index (κ3) is 6.41. The zero-order valence-electron chi connectivity index (χ0n) is 38.1. The molecule has 308 valence electrons. The number of hydrogen-bond donors (Lipinski definition) is 0. The van der Waals surface area contributed by atoms with Gasteiger partial charge in [0.2, 0.25) is 0 Å². The first-order chi connectivity index (χ1) is 29.5. The van der Waals surface area contributed by atoms with Gasteiger partial charge < -0.3 is 9.80 Å². The molecule has 0 aromatic heterocycles. The smallest absolute Gasteiger partial charge is 0.113 e. The molecule has 2 aliphatic rings. The molecule has 0 saturated carbocycles. The Bertz CT molecular complexity index is 3010. The van der Waals surface area contributed by atoms with Crippen molar-refractivity contribution >= 4 is 81.8 Å². The van der Waals surface area contributed by atoms with Gasteiger partial charge in [0.15, 0.2) is 0 Å². The van der Waals surface area contributed by atoms with Crippen LogP contribution in [0.2, 0.25) is 26.2 Å². The topological polar surface area (TPSA) is 6.48 Å². The van der Waals surface area contributed by atoms with E-state index in [1.807, 2.05) is 0 Å². The van der Waals surface area contributed by atoms with E-state index in [-0.39, 0.29) is 10.8 Å². The zero-order chi connectivity index (χ0) is 43.3. The highest BCUT2D eigenvalue weighted by Crippen LogP contribution is 2.45. The van der Waals surface area contributed by atoms with Gasteiger partial charge >= 0.3 is 0 Å². The molecular formula is C58H58N2Si2. The predicted octanol–water partition coefficient (Wildman–Crippen LogP) is 14.0. The fourth-order valence-corrected chi connectivity index (χ4v) is 16.6. The van der Waals surface area contributed by atoms with Gasteiger partial charge in [-0.3, -0.25) is 0 Å². The molecular weight excluding hydrogens is 781 g/mol. The quantitative estimate of drug-likeness (QED) is 0.154. The van der Waals surface area contributed by atoms with Crippen molar-refractivity contribution in [2.45, 2.75) is 78.6 Å². The Morgan fingerprint density at radius 3 is 1.24 bits per heavy atom. The van der Waals surface area contributed by atoms with Crippen molar-refractivity contribution < 1.29 is 0 Å². The molecule has 2 heterocycles. The molecule has 0 atom stereocenters. The van der Waals surface area contributed by atoms with E-state index in [4.69, 9.17) is 0 Å². The van der Waals surface area contributed by atoms with E-state index < -0.39 is 16.1 Å². The second-order valence-corrected chi connectivity index (χ2v) is 29.4. The lowest BCUT2D eigenvalue weighted by atomic mass is 9.87. The average Bonchev–Trinajstić information content (AvgIpc) is 3.48. The zero-order valence-corrected chi connectivity index (χ0v) is 40.1. The summed E-state index contributed by atoms with van der Waals surface area (Å²) in [5.41, 5.74) is 15.7. The summed E-state index contributed by atoms with van der Waals surface area (Å²) >= 11 is 0. The van der Waals surface area contributed by atoms with Crippen molar-refractivity contribution in [3.05, 3.63) is 181 Å². The van der Waals surface area contributed by atoms with Crippen molar-refractivity contribution in [1.82, 2.24) is 0 Å².